The molecule has 1 aromatic carbocycles. The quantitative estimate of drug-likeness (QED) is 0.815. The number of nitrogens with one attached hydrogen (secondary N) is 1. The summed E-state index contributed by atoms with van der Waals surface area (Å²) in [5, 5.41) is 4.60. The fraction of sp³-hybridized carbons (Fsp3) is 0.294. The van der Waals surface area contributed by atoms with Gasteiger partial charge in [-0.2, -0.15) is 0 Å². The van der Waals surface area contributed by atoms with Gasteiger partial charge in [0, 0.05) is 0 Å². The van der Waals surface area contributed by atoms with Crippen molar-refractivity contribution >= 4 is 28.9 Å². The molecule has 0 fully saturated rings. The van der Waals surface area contributed by atoms with Crippen LogP contribution in [-0.4, -0.2) is 25.6 Å². The van der Waals surface area contributed by atoms with Gasteiger partial charge in [-0.05, 0) is 36.4 Å². The lowest BCUT2D eigenvalue weighted by Gasteiger charge is -2.12. The molecule has 1 aromatic heterocycles. The highest BCUT2D eigenvalue weighted by molar-refractivity contribution is 7.12. The number of para-hydroxylation sites is 1. The molecule has 2 rings (SSSR count). The van der Waals surface area contributed by atoms with E-state index >= 15 is 0 Å². The summed E-state index contributed by atoms with van der Waals surface area (Å²) in [7, 11) is 1.32. The number of hydrogen-bond donors (Lipinski definition) is 1. The Morgan fingerprint density at radius 3 is 2.70 bits per heavy atom. The Bertz CT molecular complexity index is 708. The first kappa shape index (κ1) is 17.0. The molecule has 0 bridgehead atoms. The number of rotatable bonds is 6. The molecule has 0 unspecified atom stereocenters. The van der Waals surface area contributed by atoms with Crippen molar-refractivity contribution in [1.82, 2.24) is 0 Å². The topological polar surface area (TPSA) is 64.6 Å². The number of amides is 1. The standard InChI is InChI=1S/C17H19NO4S/c1-4-9-22-13-8-6-5-7-12(13)16(19)18-14-11(2)10-23-15(14)17(20)21-3/h5-8,10H,4,9H2,1-3H3,(H,18,19). The summed E-state index contributed by atoms with van der Waals surface area (Å²) < 4.78 is 10.4. The van der Waals surface area contributed by atoms with Crippen LogP contribution >= 0.6 is 11.3 Å². The lowest BCUT2D eigenvalue weighted by Crippen LogP contribution is -2.16. The molecule has 2 aromatic rings. The van der Waals surface area contributed by atoms with Crippen molar-refractivity contribution in [2.45, 2.75) is 20.3 Å². The number of ether oxygens (including phenoxy) is 2. The molecule has 0 aliphatic carbocycles. The minimum Gasteiger partial charge on any atom is -0.493 e. The van der Waals surface area contributed by atoms with E-state index in [0.717, 1.165) is 12.0 Å². The van der Waals surface area contributed by atoms with Crippen LogP contribution in [-0.2, 0) is 4.74 Å². The van der Waals surface area contributed by atoms with Gasteiger partial charge >= 0.3 is 5.97 Å². The summed E-state index contributed by atoms with van der Waals surface area (Å²) in [6.45, 7) is 4.37. The van der Waals surface area contributed by atoms with Crippen LogP contribution < -0.4 is 10.1 Å². The van der Waals surface area contributed by atoms with Crippen LogP contribution in [0.25, 0.3) is 0 Å². The van der Waals surface area contributed by atoms with Gasteiger partial charge in [0.15, 0.2) is 0 Å². The molecule has 0 radical (unpaired) electrons. The summed E-state index contributed by atoms with van der Waals surface area (Å²) in [6.07, 6.45) is 0.853. The zero-order valence-corrected chi connectivity index (χ0v) is 14.2. The highest BCUT2D eigenvalue weighted by Crippen LogP contribution is 2.29. The molecule has 1 N–H and O–H groups in total. The summed E-state index contributed by atoms with van der Waals surface area (Å²) in [5.74, 6) is -0.253. The zero-order valence-electron chi connectivity index (χ0n) is 13.3. The number of hydrogen-bond acceptors (Lipinski definition) is 5. The predicted molar refractivity (Wildman–Crippen MR) is 90.6 cm³/mol. The highest BCUT2D eigenvalue weighted by Gasteiger charge is 2.20. The number of anilines is 1. The third kappa shape index (κ3) is 3.90. The SMILES string of the molecule is CCCOc1ccccc1C(=O)Nc1c(C)csc1C(=O)OC. The number of methoxy groups -OCH3 is 1. The smallest absolute Gasteiger partial charge is 0.350 e. The van der Waals surface area contributed by atoms with E-state index in [-0.39, 0.29) is 5.91 Å². The number of benzene rings is 1. The molecule has 0 atom stereocenters. The van der Waals surface area contributed by atoms with Crippen LogP contribution in [0.4, 0.5) is 5.69 Å². The first-order valence-corrected chi connectivity index (χ1v) is 8.16. The molecule has 0 aliphatic rings. The Labute approximate surface area is 139 Å². The van der Waals surface area contributed by atoms with E-state index in [2.05, 4.69) is 5.32 Å². The molecule has 0 saturated carbocycles. The molecular weight excluding hydrogens is 314 g/mol. The van der Waals surface area contributed by atoms with Crippen molar-refractivity contribution in [3.05, 3.63) is 45.6 Å². The van der Waals surface area contributed by atoms with Crippen LogP contribution in [0.1, 0.15) is 38.9 Å². The van der Waals surface area contributed by atoms with Gasteiger partial charge in [0.25, 0.3) is 5.91 Å². The van der Waals surface area contributed by atoms with Crippen molar-refractivity contribution < 1.29 is 19.1 Å². The monoisotopic (exact) mass is 333 g/mol. The molecule has 0 aliphatic heterocycles. The minimum absolute atomic E-state index is 0.316. The fourth-order valence-electron chi connectivity index (χ4n) is 2.02. The van der Waals surface area contributed by atoms with Crippen molar-refractivity contribution in [3.8, 4) is 5.75 Å². The number of aryl methyl sites for hydroxylation is 1. The molecule has 0 spiro atoms. The normalized spacial score (nSPS) is 10.2. The third-order valence-corrected chi connectivity index (χ3v) is 4.26. The van der Waals surface area contributed by atoms with Gasteiger partial charge in [-0.15, -0.1) is 11.3 Å². The maximum Gasteiger partial charge on any atom is 0.350 e. The lowest BCUT2D eigenvalue weighted by molar-refractivity contribution is 0.0607. The van der Waals surface area contributed by atoms with Gasteiger partial charge < -0.3 is 14.8 Å². The minimum atomic E-state index is -0.464. The van der Waals surface area contributed by atoms with E-state index in [1.165, 1.54) is 18.4 Å². The van der Waals surface area contributed by atoms with E-state index in [4.69, 9.17) is 9.47 Å². The van der Waals surface area contributed by atoms with Crippen LogP contribution in [0.2, 0.25) is 0 Å². The highest BCUT2D eigenvalue weighted by atomic mass is 32.1. The molecule has 6 heteroatoms. The number of thiophene rings is 1. The van der Waals surface area contributed by atoms with Crippen molar-refractivity contribution in [1.29, 1.82) is 0 Å². The number of carbonyl (C=O) groups is 2. The van der Waals surface area contributed by atoms with Gasteiger partial charge in [-0.25, -0.2) is 4.79 Å². The van der Waals surface area contributed by atoms with Crippen molar-refractivity contribution in [2.24, 2.45) is 0 Å². The van der Waals surface area contributed by atoms with Crippen molar-refractivity contribution in [2.75, 3.05) is 19.0 Å². The van der Waals surface area contributed by atoms with Crippen LogP contribution in [0.5, 0.6) is 5.75 Å². The Balaban J connectivity index is 2.27. The molecule has 122 valence electrons. The average molecular weight is 333 g/mol. The molecular formula is C17H19NO4S. The molecule has 5 nitrogen and oxygen atoms in total. The van der Waals surface area contributed by atoms with Crippen LogP contribution in [0, 0.1) is 6.92 Å². The molecule has 0 saturated heterocycles. The second-order valence-corrected chi connectivity index (χ2v) is 5.79. The lowest BCUT2D eigenvalue weighted by atomic mass is 10.1. The van der Waals surface area contributed by atoms with Gasteiger partial charge in [0.1, 0.15) is 10.6 Å². The first-order valence-electron chi connectivity index (χ1n) is 7.28. The number of carbonyl (C=O) groups excluding carboxylic acids is 2. The maximum atomic E-state index is 12.6. The van der Waals surface area contributed by atoms with Gasteiger partial charge in [-0.3, -0.25) is 4.79 Å². The average Bonchev–Trinajstić information content (AvgIpc) is 2.93. The summed E-state index contributed by atoms with van der Waals surface area (Å²) in [5.41, 5.74) is 1.73. The van der Waals surface area contributed by atoms with Gasteiger partial charge in [-0.1, -0.05) is 19.1 Å². The Kier molecular flexibility index (Phi) is 5.76. The summed E-state index contributed by atoms with van der Waals surface area (Å²) >= 11 is 1.24. The Morgan fingerprint density at radius 2 is 2.00 bits per heavy atom. The summed E-state index contributed by atoms with van der Waals surface area (Å²) in [4.78, 5) is 24.7. The number of esters is 1. The van der Waals surface area contributed by atoms with E-state index in [1.807, 2.05) is 19.9 Å². The second kappa shape index (κ2) is 7.78. The Hall–Kier alpha value is -2.34. The third-order valence-electron chi connectivity index (χ3n) is 3.18. The summed E-state index contributed by atoms with van der Waals surface area (Å²) in [6, 6.07) is 7.04. The van der Waals surface area contributed by atoms with E-state index in [9.17, 15) is 9.59 Å². The molecule has 1 heterocycles. The Morgan fingerprint density at radius 1 is 1.26 bits per heavy atom. The maximum absolute atomic E-state index is 12.6. The molecule has 23 heavy (non-hydrogen) atoms. The van der Waals surface area contributed by atoms with Crippen LogP contribution in [0.15, 0.2) is 29.6 Å². The largest absolute Gasteiger partial charge is 0.493 e. The van der Waals surface area contributed by atoms with Crippen LogP contribution in [0.3, 0.4) is 0 Å². The predicted octanol–water partition coefficient (Wildman–Crippen LogP) is 3.88. The van der Waals surface area contributed by atoms with Gasteiger partial charge in [0.05, 0.1) is 25.0 Å². The van der Waals surface area contributed by atoms with E-state index in [0.29, 0.717) is 28.5 Å². The first-order chi connectivity index (χ1) is 11.1. The van der Waals surface area contributed by atoms with E-state index in [1.54, 1.807) is 23.6 Å². The fourth-order valence-corrected chi connectivity index (χ4v) is 2.94. The van der Waals surface area contributed by atoms with Crippen molar-refractivity contribution in [3.63, 3.8) is 0 Å². The molecule has 1 amide bonds. The van der Waals surface area contributed by atoms with E-state index < -0.39 is 5.97 Å². The second-order valence-electron chi connectivity index (χ2n) is 4.91. The van der Waals surface area contributed by atoms with Gasteiger partial charge in [0.2, 0.25) is 0 Å². The zero-order chi connectivity index (χ0) is 16.8.